The lowest BCUT2D eigenvalue weighted by molar-refractivity contribution is -0.135. The summed E-state index contributed by atoms with van der Waals surface area (Å²) in [7, 11) is -4.11. The number of hydrogen-bond donors (Lipinski definition) is 1. The fraction of sp³-hybridized carbons (Fsp3) is 0.133. The predicted octanol–water partition coefficient (Wildman–Crippen LogP) is 4.00. The minimum atomic E-state index is -4.11. The Morgan fingerprint density at radius 1 is 1.17 bits per heavy atom. The van der Waals surface area contributed by atoms with Gasteiger partial charge in [0, 0.05) is 9.92 Å². The van der Waals surface area contributed by atoms with Crippen LogP contribution in [-0.2, 0) is 14.8 Å². The Morgan fingerprint density at radius 3 is 2.33 bits per heavy atom. The second-order valence-corrected chi connectivity index (χ2v) is 8.26. The van der Waals surface area contributed by atoms with Crippen molar-refractivity contribution in [2.75, 3.05) is 17.1 Å². The number of rotatable bonds is 6. The molecule has 0 amide bonds. The van der Waals surface area contributed by atoms with Crippen LogP contribution in [0.3, 0.4) is 0 Å². The summed E-state index contributed by atoms with van der Waals surface area (Å²) in [6.07, 6.45) is 1.87. The van der Waals surface area contributed by atoms with Crippen LogP contribution in [0.2, 0.25) is 10.0 Å². The average molecular weight is 406 g/mol. The number of carboxylic acid groups (broad SMARTS) is 1. The maximum atomic E-state index is 12.9. The molecule has 128 valence electrons. The normalized spacial score (nSPS) is 11.3. The summed E-state index contributed by atoms with van der Waals surface area (Å²) in [6.45, 7) is -0.771. The van der Waals surface area contributed by atoms with E-state index in [1.54, 1.807) is 12.1 Å². The van der Waals surface area contributed by atoms with Gasteiger partial charge in [0.05, 0.1) is 15.6 Å². The smallest absolute Gasteiger partial charge is 0.324 e. The van der Waals surface area contributed by atoms with Crippen molar-refractivity contribution in [3.05, 3.63) is 52.5 Å². The molecule has 0 aromatic heterocycles. The molecule has 0 bridgehead atoms. The average Bonchev–Trinajstić information content (AvgIpc) is 2.55. The fourth-order valence-corrected chi connectivity index (χ4v) is 4.24. The van der Waals surface area contributed by atoms with Gasteiger partial charge in [0.2, 0.25) is 0 Å². The molecule has 0 unspecified atom stereocenters. The number of carboxylic acids is 1. The third-order valence-corrected chi connectivity index (χ3v) is 6.18. The minimum absolute atomic E-state index is 0.0144. The van der Waals surface area contributed by atoms with E-state index >= 15 is 0 Å². The Bertz CT molecular complexity index is 854. The molecule has 0 atom stereocenters. The van der Waals surface area contributed by atoms with E-state index in [2.05, 4.69) is 0 Å². The molecule has 2 aromatic carbocycles. The van der Waals surface area contributed by atoms with E-state index in [0.717, 1.165) is 9.20 Å². The molecule has 0 fully saturated rings. The van der Waals surface area contributed by atoms with Gasteiger partial charge in [-0.2, -0.15) is 0 Å². The van der Waals surface area contributed by atoms with Gasteiger partial charge in [0.25, 0.3) is 10.0 Å². The Balaban J connectivity index is 2.57. The largest absolute Gasteiger partial charge is 0.480 e. The van der Waals surface area contributed by atoms with E-state index in [0.29, 0.717) is 0 Å². The van der Waals surface area contributed by atoms with E-state index in [1.807, 2.05) is 6.26 Å². The molecule has 24 heavy (non-hydrogen) atoms. The molecule has 0 saturated heterocycles. The minimum Gasteiger partial charge on any atom is -0.480 e. The molecule has 0 spiro atoms. The van der Waals surface area contributed by atoms with Crippen molar-refractivity contribution >= 4 is 56.6 Å². The van der Waals surface area contributed by atoms with Crippen LogP contribution < -0.4 is 4.31 Å². The van der Waals surface area contributed by atoms with E-state index < -0.39 is 22.5 Å². The monoisotopic (exact) mass is 405 g/mol. The van der Waals surface area contributed by atoms with Gasteiger partial charge in [-0.05, 0) is 48.7 Å². The van der Waals surface area contributed by atoms with Crippen molar-refractivity contribution in [1.82, 2.24) is 0 Å². The molecular formula is C15H13Cl2NO4S2. The van der Waals surface area contributed by atoms with Crippen LogP contribution in [0.5, 0.6) is 0 Å². The van der Waals surface area contributed by atoms with E-state index in [9.17, 15) is 13.2 Å². The lowest BCUT2D eigenvalue weighted by Crippen LogP contribution is -2.36. The first kappa shape index (κ1) is 18.9. The quantitative estimate of drug-likeness (QED) is 0.735. The van der Waals surface area contributed by atoms with Gasteiger partial charge in [-0.3, -0.25) is 9.10 Å². The van der Waals surface area contributed by atoms with Gasteiger partial charge in [0.1, 0.15) is 6.54 Å². The number of anilines is 1. The van der Waals surface area contributed by atoms with Crippen molar-refractivity contribution in [2.45, 2.75) is 9.79 Å². The van der Waals surface area contributed by atoms with Crippen LogP contribution in [0.15, 0.2) is 52.3 Å². The lowest BCUT2D eigenvalue weighted by Gasteiger charge is -2.24. The molecule has 0 aliphatic heterocycles. The molecule has 2 rings (SSSR count). The van der Waals surface area contributed by atoms with Gasteiger partial charge in [-0.1, -0.05) is 23.2 Å². The molecule has 5 nitrogen and oxygen atoms in total. The van der Waals surface area contributed by atoms with Gasteiger partial charge in [-0.25, -0.2) is 8.42 Å². The van der Waals surface area contributed by atoms with Crippen molar-refractivity contribution in [3.8, 4) is 0 Å². The molecular weight excluding hydrogens is 393 g/mol. The lowest BCUT2D eigenvalue weighted by atomic mass is 10.3. The molecule has 0 aliphatic rings. The fourth-order valence-electron chi connectivity index (χ4n) is 1.97. The molecule has 0 saturated carbocycles. The number of nitrogens with zero attached hydrogens (tertiary/aromatic N) is 1. The molecule has 0 heterocycles. The Kier molecular flexibility index (Phi) is 6.03. The highest BCUT2D eigenvalue weighted by molar-refractivity contribution is 7.98. The summed E-state index contributed by atoms with van der Waals surface area (Å²) in [5.74, 6) is -1.31. The first-order chi connectivity index (χ1) is 11.3. The zero-order valence-electron chi connectivity index (χ0n) is 12.4. The number of hydrogen-bond acceptors (Lipinski definition) is 4. The summed E-state index contributed by atoms with van der Waals surface area (Å²) < 4.78 is 26.5. The second-order valence-electron chi connectivity index (χ2n) is 4.68. The summed E-state index contributed by atoms with van der Waals surface area (Å²) in [6, 6.07) is 10.4. The SMILES string of the molecule is CSc1ccc(S(=O)(=O)N(CC(=O)O)c2cc(Cl)ccc2Cl)cc1. The topological polar surface area (TPSA) is 74.7 Å². The van der Waals surface area contributed by atoms with Gasteiger partial charge in [0.15, 0.2) is 0 Å². The number of thioether (sulfide) groups is 1. The summed E-state index contributed by atoms with van der Waals surface area (Å²) in [5.41, 5.74) is 0.0144. The zero-order valence-corrected chi connectivity index (χ0v) is 15.6. The highest BCUT2D eigenvalue weighted by Gasteiger charge is 2.28. The zero-order chi connectivity index (χ0) is 17.9. The summed E-state index contributed by atoms with van der Waals surface area (Å²) >= 11 is 13.4. The van der Waals surface area contributed by atoms with Crippen molar-refractivity contribution < 1.29 is 18.3 Å². The van der Waals surface area contributed by atoms with Crippen molar-refractivity contribution in [3.63, 3.8) is 0 Å². The second kappa shape index (κ2) is 7.65. The molecule has 9 heteroatoms. The Hall–Kier alpha value is -1.41. The first-order valence-electron chi connectivity index (χ1n) is 6.59. The highest BCUT2D eigenvalue weighted by atomic mass is 35.5. The van der Waals surface area contributed by atoms with Crippen molar-refractivity contribution in [1.29, 1.82) is 0 Å². The summed E-state index contributed by atoms with van der Waals surface area (Å²) in [4.78, 5) is 12.0. The number of aliphatic carboxylic acids is 1. The molecule has 0 aliphatic carbocycles. The number of benzene rings is 2. The third kappa shape index (κ3) is 4.16. The number of sulfonamides is 1. The van der Waals surface area contributed by atoms with Gasteiger partial charge < -0.3 is 5.11 Å². The van der Waals surface area contributed by atoms with Crippen LogP contribution >= 0.6 is 35.0 Å². The molecule has 1 N–H and O–H groups in total. The maximum Gasteiger partial charge on any atom is 0.324 e. The highest BCUT2D eigenvalue weighted by Crippen LogP contribution is 2.33. The van der Waals surface area contributed by atoms with E-state index in [-0.39, 0.29) is 20.6 Å². The van der Waals surface area contributed by atoms with E-state index in [4.69, 9.17) is 28.3 Å². The van der Waals surface area contributed by atoms with Crippen molar-refractivity contribution in [2.24, 2.45) is 0 Å². The predicted molar refractivity (Wildman–Crippen MR) is 96.9 cm³/mol. The van der Waals surface area contributed by atoms with Crippen LogP contribution in [0.4, 0.5) is 5.69 Å². The number of carbonyl (C=O) groups is 1. The molecule has 2 aromatic rings. The van der Waals surface area contributed by atoms with Crippen LogP contribution in [-0.4, -0.2) is 32.3 Å². The van der Waals surface area contributed by atoms with Crippen LogP contribution in [0.25, 0.3) is 0 Å². The van der Waals surface area contributed by atoms with E-state index in [1.165, 1.54) is 42.1 Å². The molecule has 0 radical (unpaired) electrons. The van der Waals surface area contributed by atoms with Gasteiger partial charge >= 0.3 is 5.97 Å². The first-order valence-corrected chi connectivity index (χ1v) is 10.0. The Labute approximate surface area is 154 Å². The number of halogens is 2. The standard InChI is InChI=1S/C15H13Cl2NO4S2/c1-23-11-3-5-12(6-4-11)24(21,22)18(9-15(19)20)14-8-10(16)2-7-13(14)17/h2-8H,9H2,1H3,(H,19,20). The van der Waals surface area contributed by atoms with Crippen LogP contribution in [0, 0.1) is 0 Å². The third-order valence-electron chi connectivity index (χ3n) is 3.10. The van der Waals surface area contributed by atoms with Gasteiger partial charge in [-0.15, -0.1) is 11.8 Å². The van der Waals surface area contributed by atoms with Crippen LogP contribution in [0.1, 0.15) is 0 Å². The Morgan fingerprint density at radius 2 is 1.79 bits per heavy atom. The maximum absolute atomic E-state index is 12.9. The summed E-state index contributed by atoms with van der Waals surface area (Å²) in [5, 5.41) is 9.45.